The van der Waals surface area contributed by atoms with E-state index in [0.717, 1.165) is 4.31 Å². The molecule has 0 aliphatic carbocycles. The third-order valence-corrected chi connectivity index (χ3v) is 7.43. The monoisotopic (exact) mass is 507 g/mol. The number of nitrogen functional groups attached to an aromatic ring is 1. The Balaban J connectivity index is 1.71. The second-order valence-corrected chi connectivity index (χ2v) is 10.2. The van der Waals surface area contributed by atoms with E-state index in [4.69, 9.17) is 10.8 Å². The average molecular weight is 508 g/mol. The van der Waals surface area contributed by atoms with Crippen LogP contribution in [0.3, 0.4) is 0 Å². The van der Waals surface area contributed by atoms with Crippen LogP contribution in [-0.2, 0) is 32.5 Å². The fraction of sp³-hybridized carbons (Fsp3) is 0.455. The molecule has 190 valence electrons. The number of carboxylic acids is 1. The molecule has 2 heterocycles. The first-order valence-electron chi connectivity index (χ1n) is 11.1. The molecule has 1 aromatic carbocycles. The standard InChI is InChI=1S/C22H29N5O7S/c1-14-24-21(23)18-11-19(30)27(22(18)25-14)8-3-2-7-26(12-16(29)13-28)35(33,34)17-6-4-5-15(9-17)10-20(31)32/h4-6,9,16,28-29H,2-3,7-8,10-13H2,1H3,(H,31,32)(H2,23,24,25)/t16-/m1/s1. The number of carbonyl (C=O) groups excluding carboxylic acids is 1. The maximum atomic E-state index is 13.3. The van der Waals surface area contributed by atoms with Gasteiger partial charge in [0.15, 0.2) is 0 Å². The van der Waals surface area contributed by atoms with Crippen LogP contribution in [0.25, 0.3) is 0 Å². The van der Waals surface area contributed by atoms with Gasteiger partial charge in [-0.05, 0) is 37.5 Å². The molecule has 0 saturated heterocycles. The van der Waals surface area contributed by atoms with Gasteiger partial charge >= 0.3 is 5.97 Å². The second-order valence-electron chi connectivity index (χ2n) is 8.30. The third kappa shape index (κ3) is 6.31. The van der Waals surface area contributed by atoms with Crippen LogP contribution in [0.4, 0.5) is 11.6 Å². The van der Waals surface area contributed by atoms with Crippen molar-refractivity contribution in [1.82, 2.24) is 14.3 Å². The molecule has 0 spiro atoms. The van der Waals surface area contributed by atoms with Crippen molar-refractivity contribution in [2.24, 2.45) is 0 Å². The number of unbranched alkanes of at least 4 members (excludes halogenated alkanes) is 1. The van der Waals surface area contributed by atoms with E-state index in [-0.39, 0.29) is 42.6 Å². The van der Waals surface area contributed by atoms with Gasteiger partial charge in [0.2, 0.25) is 15.9 Å². The van der Waals surface area contributed by atoms with Crippen molar-refractivity contribution in [2.45, 2.75) is 43.6 Å². The Morgan fingerprint density at radius 2 is 2.03 bits per heavy atom. The maximum Gasteiger partial charge on any atom is 0.307 e. The van der Waals surface area contributed by atoms with Gasteiger partial charge in [-0.1, -0.05) is 12.1 Å². The summed E-state index contributed by atoms with van der Waals surface area (Å²) in [6, 6.07) is 5.61. The number of amides is 1. The van der Waals surface area contributed by atoms with E-state index in [1.807, 2.05) is 0 Å². The first-order chi connectivity index (χ1) is 16.5. The molecule has 1 aliphatic rings. The number of rotatable bonds is 12. The van der Waals surface area contributed by atoms with Crippen molar-refractivity contribution in [3.8, 4) is 0 Å². The molecule has 35 heavy (non-hydrogen) atoms. The van der Waals surface area contributed by atoms with Gasteiger partial charge in [0, 0.05) is 25.2 Å². The smallest absolute Gasteiger partial charge is 0.307 e. The zero-order chi connectivity index (χ0) is 25.8. The van der Waals surface area contributed by atoms with Crippen LogP contribution in [0.15, 0.2) is 29.2 Å². The average Bonchev–Trinajstić information content (AvgIpc) is 3.10. The molecule has 13 heteroatoms. The molecule has 2 aromatic rings. The molecular formula is C22H29N5O7S. The number of hydrogen-bond donors (Lipinski definition) is 4. The number of sulfonamides is 1. The van der Waals surface area contributed by atoms with Crippen LogP contribution < -0.4 is 10.6 Å². The molecule has 3 rings (SSSR count). The Labute approximate surface area is 203 Å². The highest BCUT2D eigenvalue weighted by Gasteiger charge is 2.31. The van der Waals surface area contributed by atoms with Crippen molar-refractivity contribution < 1.29 is 33.3 Å². The van der Waals surface area contributed by atoms with Crippen LogP contribution in [-0.4, -0.2) is 82.2 Å². The van der Waals surface area contributed by atoms with E-state index in [2.05, 4.69) is 9.97 Å². The van der Waals surface area contributed by atoms with Crippen LogP contribution >= 0.6 is 0 Å². The molecular weight excluding hydrogens is 478 g/mol. The van der Waals surface area contributed by atoms with Crippen molar-refractivity contribution in [3.63, 3.8) is 0 Å². The number of aromatic nitrogens is 2. The predicted octanol–water partition coefficient (Wildman–Crippen LogP) is -0.292. The summed E-state index contributed by atoms with van der Waals surface area (Å²) in [5.41, 5.74) is 6.82. The van der Waals surface area contributed by atoms with Gasteiger partial charge in [-0.2, -0.15) is 4.31 Å². The molecule has 1 aliphatic heterocycles. The SMILES string of the molecule is Cc1nc(N)c2c(n1)N(CCCCN(C[C@@H](O)CO)S(=O)(=O)c1cccc(CC(=O)O)c1)C(=O)C2. The van der Waals surface area contributed by atoms with Crippen molar-refractivity contribution in [3.05, 3.63) is 41.2 Å². The fourth-order valence-corrected chi connectivity index (χ4v) is 5.48. The number of aliphatic hydroxyl groups is 2. The summed E-state index contributed by atoms with van der Waals surface area (Å²) in [5.74, 6) is -0.0742. The van der Waals surface area contributed by atoms with E-state index < -0.39 is 28.7 Å². The minimum atomic E-state index is -4.08. The molecule has 12 nitrogen and oxygen atoms in total. The van der Waals surface area contributed by atoms with Gasteiger partial charge < -0.3 is 21.1 Å². The number of hydrogen-bond acceptors (Lipinski definition) is 9. The summed E-state index contributed by atoms with van der Waals surface area (Å²) in [4.78, 5) is 33.3. The zero-order valence-corrected chi connectivity index (χ0v) is 20.1. The van der Waals surface area contributed by atoms with E-state index in [1.54, 1.807) is 6.92 Å². The predicted molar refractivity (Wildman–Crippen MR) is 126 cm³/mol. The van der Waals surface area contributed by atoms with Gasteiger partial charge in [-0.25, -0.2) is 18.4 Å². The topological polar surface area (TPSA) is 187 Å². The van der Waals surface area contributed by atoms with Crippen LogP contribution in [0.1, 0.15) is 29.8 Å². The number of anilines is 2. The Morgan fingerprint density at radius 3 is 2.71 bits per heavy atom. The summed E-state index contributed by atoms with van der Waals surface area (Å²) < 4.78 is 27.6. The van der Waals surface area contributed by atoms with E-state index in [0.29, 0.717) is 42.2 Å². The molecule has 1 atom stereocenters. The van der Waals surface area contributed by atoms with E-state index >= 15 is 0 Å². The lowest BCUT2D eigenvalue weighted by Crippen LogP contribution is -2.39. The van der Waals surface area contributed by atoms with Gasteiger partial charge in [-0.15, -0.1) is 0 Å². The summed E-state index contributed by atoms with van der Waals surface area (Å²) in [6.45, 7) is 1.04. The van der Waals surface area contributed by atoms with Crippen molar-refractivity contribution in [2.75, 3.05) is 36.9 Å². The highest BCUT2D eigenvalue weighted by Crippen LogP contribution is 2.30. The molecule has 1 aromatic heterocycles. The lowest BCUT2D eigenvalue weighted by atomic mass is 10.2. The van der Waals surface area contributed by atoms with Crippen molar-refractivity contribution >= 4 is 33.5 Å². The normalized spacial score (nSPS) is 14.4. The molecule has 0 bridgehead atoms. The molecule has 0 unspecified atom stereocenters. The lowest BCUT2D eigenvalue weighted by Gasteiger charge is -2.25. The number of carbonyl (C=O) groups is 2. The molecule has 0 saturated carbocycles. The first-order valence-corrected chi connectivity index (χ1v) is 12.5. The highest BCUT2D eigenvalue weighted by molar-refractivity contribution is 7.89. The second kappa shape index (κ2) is 11.1. The van der Waals surface area contributed by atoms with E-state index in [1.165, 1.54) is 29.2 Å². The maximum absolute atomic E-state index is 13.3. The zero-order valence-electron chi connectivity index (χ0n) is 19.3. The van der Waals surface area contributed by atoms with Crippen LogP contribution in [0.5, 0.6) is 0 Å². The van der Waals surface area contributed by atoms with Crippen molar-refractivity contribution in [1.29, 1.82) is 0 Å². The lowest BCUT2D eigenvalue weighted by molar-refractivity contribution is -0.136. The summed E-state index contributed by atoms with van der Waals surface area (Å²) >= 11 is 0. The van der Waals surface area contributed by atoms with Gasteiger partial charge in [-0.3, -0.25) is 14.5 Å². The number of nitrogens with zero attached hydrogens (tertiary/aromatic N) is 4. The molecule has 0 fully saturated rings. The third-order valence-electron chi connectivity index (χ3n) is 5.57. The number of nitrogens with two attached hydrogens (primary N) is 1. The van der Waals surface area contributed by atoms with Crippen LogP contribution in [0, 0.1) is 6.92 Å². The summed E-state index contributed by atoms with van der Waals surface area (Å²) in [5, 5.41) is 28.2. The van der Waals surface area contributed by atoms with Crippen LogP contribution in [0.2, 0.25) is 0 Å². The molecule has 5 N–H and O–H groups in total. The summed E-state index contributed by atoms with van der Waals surface area (Å²) in [7, 11) is -4.08. The fourth-order valence-electron chi connectivity index (χ4n) is 3.89. The largest absolute Gasteiger partial charge is 0.481 e. The Morgan fingerprint density at radius 1 is 1.29 bits per heavy atom. The minimum absolute atomic E-state index is 0.0162. The first kappa shape index (κ1) is 26.5. The summed E-state index contributed by atoms with van der Waals surface area (Å²) in [6.07, 6.45) is -0.723. The number of aryl methyl sites for hydroxylation is 1. The van der Waals surface area contributed by atoms with Gasteiger partial charge in [0.1, 0.15) is 17.5 Å². The van der Waals surface area contributed by atoms with E-state index in [9.17, 15) is 28.2 Å². The highest BCUT2D eigenvalue weighted by atomic mass is 32.2. The Bertz CT molecular complexity index is 1200. The molecule has 1 amide bonds. The van der Waals surface area contributed by atoms with Gasteiger partial charge in [0.05, 0.1) is 30.4 Å². The number of benzene rings is 1. The number of fused-ring (bicyclic) bond motifs is 1. The number of aliphatic hydroxyl groups excluding tert-OH is 2. The minimum Gasteiger partial charge on any atom is -0.481 e. The Hall–Kier alpha value is -3.13. The number of carboxylic acid groups (broad SMARTS) is 1. The molecule has 0 radical (unpaired) electrons. The Kier molecular flexibility index (Phi) is 8.38. The number of aliphatic carboxylic acids is 1. The van der Waals surface area contributed by atoms with Gasteiger partial charge in [0.25, 0.3) is 0 Å². The quantitative estimate of drug-likeness (QED) is 0.278.